The zero-order valence-corrected chi connectivity index (χ0v) is 17.7. The van der Waals surface area contributed by atoms with Gasteiger partial charge in [0.1, 0.15) is 5.92 Å². The summed E-state index contributed by atoms with van der Waals surface area (Å²) in [6.45, 7) is 1.97. The summed E-state index contributed by atoms with van der Waals surface area (Å²) >= 11 is 1.30. The van der Waals surface area contributed by atoms with Crippen LogP contribution in [0.3, 0.4) is 0 Å². The van der Waals surface area contributed by atoms with Gasteiger partial charge < -0.3 is 15.2 Å². The highest BCUT2D eigenvalue weighted by Crippen LogP contribution is 2.28. The standard InChI is InChI=1S/C21H22N6O3S/c28-17(27-11-10-26-16-6-2-1-5-15(16)24-21(26)27)8-7-13-12-31-20(23-13)25-19(30)14-4-3-9-22-18(14)29/h1-2,5-6,12,14H,3-4,7-11H2,(H,22,29)(H,23,25,30). The molecule has 160 valence electrons. The quantitative estimate of drug-likeness (QED) is 0.592. The summed E-state index contributed by atoms with van der Waals surface area (Å²) in [5, 5.41) is 7.73. The van der Waals surface area contributed by atoms with Gasteiger partial charge in [0.05, 0.1) is 16.7 Å². The minimum absolute atomic E-state index is 0.00604. The molecular formula is C21H22N6O3S. The molecule has 1 aromatic carbocycles. The van der Waals surface area contributed by atoms with Crippen molar-refractivity contribution in [2.75, 3.05) is 23.3 Å². The largest absolute Gasteiger partial charge is 0.355 e. The fourth-order valence-electron chi connectivity index (χ4n) is 4.09. The van der Waals surface area contributed by atoms with Gasteiger partial charge in [0, 0.05) is 31.4 Å². The van der Waals surface area contributed by atoms with Crippen LogP contribution in [-0.4, -0.2) is 45.3 Å². The number of piperidine rings is 1. The van der Waals surface area contributed by atoms with Crippen molar-refractivity contribution >= 4 is 51.2 Å². The number of carbonyl (C=O) groups is 3. The van der Waals surface area contributed by atoms with Crippen molar-refractivity contribution in [1.82, 2.24) is 19.9 Å². The Kier molecular flexibility index (Phi) is 5.14. The molecule has 10 heteroatoms. The molecule has 9 nitrogen and oxygen atoms in total. The maximum absolute atomic E-state index is 12.8. The van der Waals surface area contributed by atoms with Crippen LogP contribution < -0.4 is 15.5 Å². The van der Waals surface area contributed by atoms with Gasteiger partial charge in [0.15, 0.2) is 5.13 Å². The highest BCUT2D eigenvalue weighted by molar-refractivity contribution is 7.13. The molecule has 3 amide bonds. The average molecular weight is 439 g/mol. The van der Waals surface area contributed by atoms with Crippen LogP contribution in [0.25, 0.3) is 11.0 Å². The number of thiazole rings is 1. The molecular weight excluding hydrogens is 416 g/mol. The molecule has 1 fully saturated rings. The number of imidazole rings is 1. The SMILES string of the molecule is O=C1NCCCC1C(=O)Nc1nc(CCC(=O)N2CCn3c2nc2ccccc23)cs1. The first-order chi connectivity index (χ1) is 15.1. The maximum atomic E-state index is 12.8. The van der Waals surface area contributed by atoms with E-state index in [9.17, 15) is 14.4 Å². The molecule has 2 aliphatic heterocycles. The molecule has 2 N–H and O–H groups in total. The minimum atomic E-state index is -0.669. The monoisotopic (exact) mass is 438 g/mol. The number of aromatic nitrogens is 3. The smallest absolute Gasteiger partial charge is 0.238 e. The second kappa shape index (κ2) is 8.10. The number of anilines is 2. The van der Waals surface area contributed by atoms with Gasteiger partial charge in [0.25, 0.3) is 0 Å². The van der Waals surface area contributed by atoms with E-state index in [4.69, 9.17) is 0 Å². The van der Waals surface area contributed by atoms with Crippen LogP contribution in [0, 0.1) is 5.92 Å². The Morgan fingerprint density at radius 1 is 1.23 bits per heavy atom. The van der Waals surface area contributed by atoms with Gasteiger partial charge in [-0.05, 0) is 31.4 Å². The third-order valence-corrected chi connectivity index (χ3v) is 6.51. The molecule has 0 aliphatic carbocycles. The first-order valence-corrected chi connectivity index (χ1v) is 11.3. The number of rotatable bonds is 5. The molecule has 3 aromatic rings. The maximum Gasteiger partial charge on any atom is 0.238 e. The van der Waals surface area contributed by atoms with E-state index >= 15 is 0 Å². The second-order valence-corrected chi connectivity index (χ2v) is 8.57. The predicted octanol–water partition coefficient (Wildman–Crippen LogP) is 1.94. The summed E-state index contributed by atoms with van der Waals surface area (Å²) in [6.07, 6.45) is 2.13. The summed E-state index contributed by atoms with van der Waals surface area (Å²) in [6, 6.07) is 7.88. The third-order valence-electron chi connectivity index (χ3n) is 5.70. The molecule has 0 bridgehead atoms. The van der Waals surface area contributed by atoms with Crippen LogP contribution in [0.5, 0.6) is 0 Å². The molecule has 1 saturated heterocycles. The number of fused-ring (bicyclic) bond motifs is 3. The van der Waals surface area contributed by atoms with E-state index in [1.165, 1.54) is 11.3 Å². The number of carbonyl (C=O) groups excluding carboxylic acids is 3. The number of nitrogens with one attached hydrogen (secondary N) is 2. The Morgan fingerprint density at radius 3 is 2.97 bits per heavy atom. The van der Waals surface area contributed by atoms with Crippen molar-refractivity contribution < 1.29 is 14.4 Å². The average Bonchev–Trinajstić information content (AvgIpc) is 3.47. The van der Waals surface area contributed by atoms with Crippen LogP contribution in [0.1, 0.15) is 25.0 Å². The summed E-state index contributed by atoms with van der Waals surface area (Å²) < 4.78 is 2.07. The van der Waals surface area contributed by atoms with E-state index < -0.39 is 5.92 Å². The number of hydrogen-bond donors (Lipinski definition) is 2. The molecule has 0 spiro atoms. The van der Waals surface area contributed by atoms with Crippen molar-refractivity contribution in [3.8, 4) is 0 Å². The Morgan fingerprint density at radius 2 is 2.10 bits per heavy atom. The lowest BCUT2D eigenvalue weighted by Crippen LogP contribution is -2.42. The Balaban J connectivity index is 1.19. The van der Waals surface area contributed by atoms with E-state index in [2.05, 4.69) is 25.2 Å². The van der Waals surface area contributed by atoms with Crippen LogP contribution in [0.4, 0.5) is 11.1 Å². The summed E-state index contributed by atoms with van der Waals surface area (Å²) in [5.74, 6) is -0.528. The first kappa shape index (κ1) is 19.7. The molecule has 0 radical (unpaired) electrons. The van der Waals surface area contributed by atoms with E-state index in [1.807, 2.05) is 29.6 Å². The van der Waals surface area contributed by atoms with Gasteiger partial charge in [-0.2, -0.15) is 0 Å². The van der Waals surface area contributed by atoms with Crippen molar-refractivity contribution in [2.45, 2.75) is 32.2 Å². The van der Waals surface area contributed by atoms with Gasteiger partial charge in [-0.1, -0.05) is 12.1 Å². The zero-order chi connectivity index (χ0) is 21.4. The van der Waals surface area contributed by atoms with Crippen LogP contribution in [-0.2, 0) is 27.3 Å². The molecule has 1 atom stereocenters. The Labute approximate surface area is 182 Å². The van der Waals surface area contributed by atoms with Crippen LogP contribution in [0.15, 0.2) is 29.6 Å². The second-order valence-electron chi connectivity index (χ2n) is 7.72. The molecule has 1 unspecified atom stereocenters. The van der Waals surface area contributed by atoms with Gasteiger partial charge in [-0.25, -0.2) is 9.97 Å². The number of para-hydroxylation sites is 2. The lowest BCUT2D eigenvalue weighted by atomic mass is 9.98. The van der Waals surface area contributed by atoms with E-state index in [-0.39, 0.29) is 17.7 Å². The topological polar surface area (TPSA) is 109 Å². The van der Waals surface area contributed by atoms with Gasteiger partial charge in [-0.3, -0.25) is 19.3 Å². The fraction of sp³-hybridized carbons (Fsp3) is 0.381. The Bertz CT molecular complexity index is 1170. The number of amides is 3. The van der Waals surface area contributed by atoms with Gasteiger partial charge >= 0.3 is 0 Å². The molecule has 4 heterocycles. The van der Waals surface area contributed by atoms with Crippen molar-refractivity contribution in [3.63, 3.8) is 0 Å². The molecule has 0 saturated carbocycles. The lowest BCUT2D eigenvalue weighted by Gasteiger charge is -2.20. The molecule has 2 aromatic heterocycles. The molecule has 2 aliphatic rings. The van der Waals surface area contributed by atoms with Crippen LogP contribution in [0.2, 0.25) is 0 Å². The zero-order valence-electron chi connectivity index (χ0n) is 16.8. The first-order valence-electron chi connectivity index (χ1n) is 10.4. The van der Waals surface area contributed by atoms with Gasteiger partial charge in [0.2, 0.25) is 23.7 Å². The Hall–Kier alpha value is -3.27. The normalized spacial score (nSPS) is 18.1. The summed E-state index contributed by atoms with van der Waals surface area (Å²) in [4.78, 5) is 47.8. The highest BCUT2D eigenvalue weighted by Gasteiger charge is 2.30. The van der Waals surface area contributed by atoms with Crippen molar-refractivity contribution in [3.05, 3.63) is 35.3 Å². The fourth-order valence-corrected chi connectivity index (χ4v) is 4.84. The summed E-state index contributed by atoms with van der Waals surface area (Å²) in [5.41, 5.74) is 2.68. The molecule has 31 heavy (non-hydrogen) atoms. The van der Waals surface area contributed by atoms with E-state index in [0.717, 1.165) is 29.7 Å². The predicted molar refractivity (Wildman–Crippen MR) is 117 cm³/mol. The number of nitrogens with zero attached hydrogens (tertiary/aromatic N) is 4. The van der Waals surface area contributed by atoms with Crippen molar-refractivity contribution in [1.29, 1.82) is 0 Å². The third kappa shape index (κ3) is 3.78. The number of benzene rings is 1. The van der Waals surface area contributed by atoms with E-state index in [1.54, 1.807) is 4.90 Å². The van der Waals surface area contributed by atoms with Crippen LogP contribution >= 0.6 is 11.3 Å². The lowest BCUT2D eigenvalue weighted by molar-refractivity contribution is -0.134. The highest BCUT2D eigenvalue weighted by atomic mass is 32.1. The minimum Gasteiger partial charge on any atom is -0.355 e. The number of hydrogen-bond acceptors (Lipinski definition) is 6. The summed E-state index contributed by atoms with van der Waals surface area (Å²) in [7, 11) is 0. The van der Waals surface area contributed by atoms with Crippen molar-refractivity contribution in [2.24, 2.45) is 5.92 Å². The van der Waals surface area contributed by atoms with E-state index in [0.29, 0.717) is 43.4 Å². The van der Waals surface area contributed by atoms with Gasteiger partial charge in [-0.15, -0.1) is 11.3 Å². The number of aryl methyl sites for hydroxylation is 1. The molecule has 5 rings (SSSR count).